The number of carbonyl (C=O) groups is 2. The second kappa shape index (κ2) is 6.62. The Bertz CT molecular complexity index is 756. The first-order valence-corrected chi connectivity index (χ1v) is 9.71. The molecule has 1 aromatic rings. The molecule has 0 aromatic heterocycles. The van der Waals surface area contributed by atoms with Crippen molar-refractivity contribution in [3.63, 3.8) is 0 Å². The van der Waals surface area contributed by atoms with Crippen LogP contribution >= 0.6 is 0 Å². The van der Waals surface area contributed by atoms with E-state index in [0.717, 1.165) is 37.0 Å². The number of hydrogen-bond donors (Lipinski definition) is 2. The number of amides is 2. The quantitative estimate of drug-likeness (QED) is 0.482. The highest BCUT2D eigenvalue weighted by Crippen LogP contribution is 2.61. The molecule has 0 heterocycles. The van der Waals surface area contributed by atoms with Gasteiger partial charge in [0.2, 0.25) is 0 Å². The smallest absolute Gasteiger partial charge is 0.313 e. The Morgan fingerprint density at radius 2 is 1.70 bits per heavy atom. The van der Waals surface area contributed by atoms with Crippen molar-refractivity contribution in [3.8, 4) is 0 Å². The lowest BCUT2D eigenvalue weighted by Crippen LogP contribution is -2.57. The molecule has 1 aromatic carbocycles. The van der Waals surface area contributed by atoms with E-state index in [9.17, 15) is 19.7 Å². The summed E-state index contributed by atoms with van der Waals surface area (Å²) in [6.45, 7) is 2.02. The monoisotopic (exact) mass is 371 g/mol. The molecule has 0 aliphatic heterocycles. The molecule has 2 N–H and O–H groups in total. The average Bonchev–Trinajstić information content (AvgIpc) is 2.60. The second-order valence-corrected chi connectivity index (χ2v) is 8.74. The van der Waals surface area contributed by atoms with Gasteiger partial charge < -0.3 is 10.6 Å². The summed E-state index contributed by atoms with van der Waals surface area (Å²) in [5.41, 5.74) is 0.234. The standard InChI is InChI=1S/C20H25N3O4/c1-12(20-9-13-5-14(10-20)7-15(6-13)11-20)21-18(24)19(25)22-16-3-2-4-17(8-16)23(26)27/h2-4,8,12-15H,5-7,9-11H2,1H3,(H,21,24)(H,22,25). The van der Waals surface area contributed by atoms with E-state index in [-0.39, 0.29) is 22.8 Å². The first-order chi connectivity index (χ1) is 12.8. The van der Waals surface area contributed by atoms with Gasteiger partial charge in [-0.25, -0.2) is 0 Å². The topological polar surface area (TPSA) is 101 Å². The highest BCUT2D eigenvalue weighted by molar-refractivity contribution is 6.39. The van der Waals surface area contributed by atoms with Crippen LogP contribution in [0.4, 0.5) is 11.4 Å². The molecule has 2 amide bonds. The minimum Gasteiger partial charge on any atom is -0.345 e. The van der Waals surface area contributed by atoms with Gasteiger partial charge in [-0.3, -0.25) is 19.7 Å². The third-order valence-corrected chi connectivity index (χ3v) is 6.87. The molecular weight excluding hydrogens is 346 g/mol. The van der Waals surface area contributed by atoms with Crippen molar-refractivity contribution in [2.75, 3.05) is 5.32 Å². The maximum atomic E-state index is 12.4. The molecule has 1 atom stereocenters. The molecule has 0 saturated heterocycles. The van der Waals surface area contributed by atoms with Gasteiger partial charge in [0.15, 0.2) is 0 Å². The van der Waals surface area contributed by atoms with Crippen molar-refractivity contribution in [3.05, 3.63) is 34.4 Å². The zero-order chi connectivity index (χ0) is 19.2. The SMILES string of the molecule is CC(NC(=O)C(=O)Nc1cccc([N+](=O)[O-])c1)C12CC3CC(CC(C3)C1)C2. The van der Waals surface area contributed by atoms with Crippen LogP contribution in [0.2, 0.25) is 0 Å². The Kier molecular flexibility index (Phi) is 4.40. The number of rotatable bonds is 4. The minimum atomic E-state index is -0.785. The molecule has 7 nitrogen and oxygen atoms in total. The van der Waals surface area contributed by atoms with Crippen molar-refractivity contribution in [2.24, 2.45) is 23.2 Å². The van der Waals surface area contributed by atoms with Gasteiger partial charge in [-0.15, -0.1) is 0 Å². The highest BCUT2D eigenvalue weighted by atomic mass is 16.6. The van der Waals surface area contributed by atoms with Crippen LogP contribution in [0, 0.1) is 33.3 Å². The Hall–Kier alpha value is -2.44. The molecule has 7 heteroatoms. The predicted octanol–water partition coefficient (Wildman–Crippen LogP) is 3.25. The third-order valence-electron chi connectivity index (χ3n) is 6.87. The molecule has 0 radical (unpaired) electrons. The van der Waals surface area contributed by atoms with Crippen molar-refractivity contribution in [1.29, 1.82) is 0 Å². The Morgan fingerprint density at radius 1 is 1.11 bits per heavy atom. The largest absolute Gasteiger partial charge is 0.345 e. The average molecular weight is 371 g/mol. The summed E-state index contributed by atoms with van der Waals surface area (Å²) in [5, 5.41) is 16.2. The van der Waals surface area contributed by atoms with Gasteiger partial charge in [0.1, 0.15) is 0 Å². The number of benzene rings is 1. The molecule has 144 valence electrons. The summed E-state index contributed by atoms with van der Waals surface area (Å²) >= 11 is 0. The molecule has 4 aliphatic carbocycles. The van der Waals surface area contributed by atoms with Crippen LogP contribution in [-0.2, 0) is 9.59 Å². The first kappa shape index (κ1) is 17.9. The first-order valence-electron chi connectivity index (χ1n) is 9.71. The number of carbonyl (C=O) groups excluding carboxylic acids is 2. The number of nitrogens with one attached hydrogen (secondary N) is 2. The molecule has 4 saturated carbocycles. The molecule has 4 fully saturated rings. The zero-order valence-electron chi connectivity index (χ0n) is 15.4. The number of anilines is 1. The van der Waals surface area contributed by atoms with Gasteiger partial charge in [-0.1, -0.05) is 6.07 Å². The minimum absolute atomic E-state index is 0.0470. The van der Waals surface area contributed by atoms with E-state index in [0.29, 0.717) is 0 Å². The number of nitrogens with zero attached hydrogens (tertiary/aromatic N) is 1. The Morgan fingerprint density at radius 3 is 2.26 bits per heavy atom. The van der Waals surface area contributed by atoms with E-state index in [1.807, 2.05) is 6.92 Å². The van der Waals surface area contributed by atoms with Crippen LogP contribution in [-0.4, -0.2) is 22.8 Å². The summed E-state index contributed by atoms with van der Waals surface area (Å²) in [4.78, 5) is 35.0. The fourth-order valence-electron chi connectivity index (χ4n) is 6.01. The van der Waals surface area contributed by atoms with Gasteiger partial charge >= 0.3 is 11.8 Å². The van der Waals surface area contributed by atoms with Crippen LogP contribution in [0.3, 0.4) is 0 Å². The van der Waals surface area contributed by atoms with Crippen molar-refractivity contribution in [1.82, 2.24) is 5.32 Å². The maximum Gasteiger partial charge on any atom is 0.313 e. The van der Waals surface area contributed by atoms with Gasteiger partial charge in [0.25, 0.3) is 5.69 Å². The number of nitro benzene ring substituents is 1. The normalized spacial score (nSPS) is 32.0. The highest BCUT2D eigenvalue weighted by Gasteiger charge is 2.53. The fourth-order valence-corrected chi connectivity index (χ4v) is 6.01. The molecule has 4 aliphatic rings. The Balaban J connectivity index is 1.39. The summed E-state index contributed by atoms with van der Waals surface area (Å²) < 4.78 is 0. The lowest BCUT2D eigenvalue weighted by Gasteiger charge is -2.59. The van der Waals surface area contributed by atoms with Crippen LogP contribution in [0.5, 0.6) is 0 Å². The van der Waals surface area contributed by atoms with E-state index >= 15 is 0 Å². The van der Waals surface area contributed by atoms with E-state index in [2.05, 4.69) is 10.6 Å². The molecular formula is C20H25N3O4. The van der Waals surface area contributed by atoms with Crippen molar-refractivity contribution in [2.45, 2.75) is 51.5 Å². The van der Waals surface area contributed by atoms with Crippen molar-refractivity contribution < 1.29 is 14.5 Å². The lowest BCUT2D eigenvalue weighted by atomic mass is 9.48. The van der Waals surface area contributed by atoms with Crippen molar-refractivity contribution >= 4 is 23.2 Å². The lowest BCUT2D eigenvalue weighted by molar-refractivity contribution is -0.384. The van der Waals surface area contributed by atoms with E-state index in [1.165, 1.54) is 43.5 Å². The molecule has 1 unspecified atom stereocenters. The number of hydrogen-bond acceptors (Lipinski definition) is 4. The second-order valence-electron chi connectivity index (χ2n) is 8.74. The van der Waals surface area contributed by atoms with Crippen LogP contribution < -0.4 is 10.6 Å². The summed E-state index contributed by atoms with van der Waals surface area (Å²) in [5.74, 6) is 0.856. The van der Waals surface area contributed by atoms with Gasteiger partial charge in [-0.2, -0.15) is 0 Å². The van der Waals surface area contributed by atoms with E-state index in [1.54, 1.807) is 0 Å². The third kappa shape index (κ3) is 3.42. The zero-order valence-corrected chi connectivity index (χ0v) is 15.4. The fraction of sp³-hybridized carbons (Fsp3) is 0.600. The predicted molar refractivity (Wildman–Crippen MR) is 99.9 cm³/mol. The van der Waals surface area contributed by atoms with Crippen LogP contribution in [0.1, 0.15) is 45.4 Å². The molecule has 4 bridgehead atoms. The summed E-state index contributed by atoms with van der Waals surface area (Å²) in [7, 11) is 0. The van der Waals surface area contributed by atoms with E-state index in [4.69, 9.17) is 0 Å². The summed E-state index contributed by atoms with van der Waals surface area (Å²) in [6.07, 6.45) is 7.42. The van der Waals surface area contributed by atoms with Gasteiger partial charge in [0, 0.05) is 23.9 Å². The number of non-ortho nitro benzene ring substituents is 1. The number of nitro groups is 1. The molecule has 5 rings (SSSR count). The van der Waals surface area contributed by atoms with Crippen LogP contribution in [0.25, 0.3) is 0 Å². The van der Waals surface area contributed by atoms with Gasteiger partial charge in [-0.05, 0) is 74.7 Å². The van der Waals surface area contributed by atoms with Gasteiger partial charge in [0.05, 0.1) is 4.92 Å². The van der Waals surface area contributed by atoms with Crippen LogP contribution in [0.15, 0.2) is 24.3 Å². The Labute approximate surface area is 158 Å². The molecule has 0 spiro atoms. The van der Waals surface area contributed by atoms with E-state index < -0.39 is 16.7 Å². The maximum absolute atomic E-state index is 12.4. The molecule has 27 heavy (non-hydrogen) atoms. The summed E-state index contributed by atoms with van der Waals surface area (Å²) in [6, 6.07) is 5.54.